The van der Waals surface area contributed by atoms with E-state index in [0.29, 0.717) is 0 Å². The van der Waals surface area contributed by atoms with Crippen molar-refractivity contribution >= 4 is 17.3 Å². The molecule has 0 unspecified atom stereocenters. The average molecular weight is 303 g/mol. The third-order valence-corrected chi connectivity index (χ3v) is 3.17. The Morgan fingerprint density at radius 1 is 1.59 bits per heavy atom. The SMILES string of the molecule is Cc1nn([C@H](C)C(=O)Nc2cnn(C)c2C#N)cc1[N+](=O)[O-]. The molecule has 0 saturated carbocycles. The molecule has 10 heteroatoms. The van der Waals surface area contributed by atoms with E-state index in [9.17, 15) is 14.9 Å². The molecule has 1 amide bonds. The fourth-order valence-corrected chi connectivity index (χ4v) is 1.87. The maximum atomic E-state index is 12.2. The van der Waals surface area contributed by atoms with E-state index >= 15 is 0 Å². The van der Waals surface area contributed by atoms with Gasteiger partial charge in [-0.2, -0.15) is 15.5 Å². The first-order chi connectivity index (χ1) is 10.3. The fourth-order valence-electron chi connectivity index (χ4n) is 1.87. The zero-order valence-electron chi connectivity index (χ0n) is 12.1. The van der Waals surface area contributed by atoms with E-state index in [-0.39, 0.29) is 22.8 Å². The van der Waals surface area contributed by atoms with Crippen LogP contribution in [0.15, 0.2) is 12.4 Å². The highest BCUT2D eigenvalue weighted by atomic mass is 16.6. The van der Waals surface area contributed by atoms with Crippen LogP contribution in [0, 0.1) is 28.4 Å². The van der Waals surface area contributed by atoms with Gasteiger partial charge < -0.3 is 5.32 Å². The highest BCUT2D eigenvalue weighted by Gasteiger charge is 2.23. The van der Waals surface area contributed by atoms with Gasteiger partial charge in [-0.15, -0.1) is 0 Å². The molecule has 0 aliphatic heterocycles. The number of nitrogens with one attached hydrogen (secondary N) is 1. The molecule has 0 aromatic carbocycles. The van der Waals surface area contributed by atoms with Crippen LogP contribution in [0.4, 0.5) is 11.4 Å². The van der Waals surface area contributed by atoms with Gasteiger partial charge in [0.2, 0.25) is 5.91 Å². The van der Waals surface area contributed by atoms with Gasteiger partial charge in [-0.05, 0) is 13.8 Å². The van der Waals surface area contributed by atoms with Gasteiger partial charge in [0, 0.05) is 7.05 Å². The molecule has 10 nitrogen and oxygen atoms in total. The van der Waals surface area contributed by atoms with Crippen molar-refractivity contribution in [1.29, 1.82) is 5.26 Å². The number of aryl methyl sites for hydroxylation is 2. The molecule has 2 aromatic rings. The van der Waals surface area contributed by atoms with Crippen LogP contribution in [0.25, 0.3) is 0 Å². The van der Waals surface area contributed by atoms with Gasteiger partial charge in [0.25, 0.3) is 0 Å². The zero-order chi connectivity index (χ0) is 16.4. The summed E-state index contributed by atoms with van der Waals surface area (Å²) in [5.41, 5.74) is 0.561. The minimum Gasteiger partial charge on any atom is -0.320 e. The molecular formula is C12H13N7O3. The molecule has 1 atom stereocenters. The lowest BCUT2D eigenvalue weighted by Crippen LogP contribution is -2.24. The van der Waals surface area contributed by atoms with Crippen molar-refractivity contribution in [1.82, 2.24) is 19.6 Å². The topological polar surface area (TPSA) is 132 Å². The summed E-state index contributed by atoms with van der Waals surface area (Å²) < 4.78 is 2.55. The quantitative estimate of drug-likeness (QED) is 0.659. The second-order valence-corrected chi connectivity index (χ2v) is 4.64. The Kier molecular flexibility index (Phi) is 3.89. The molecule has 1 N–H and O–H groups in total. The molecule has 0 bridgehead atoms. The molecule has 114 valence electrons. The van der Waals surface area contributed by atoms with Crippen molar-refractivity contribution < 1.29 is 9.72 Å². The first kappa shape index (κ1) is 15.2. The molecule has 0 saturated heterocycles. The number of carbonyl (C=O) groups excluding carboxylic acids is 1. The third kappa shape index (κ3) is 2.64. The van der Waals surface area contributed by atoms with Crippen molar-refractivity contribution in [2.75, 3.05) is 5.32 Å². The number of rotatable bonds is 4. The summed E-state index contributed by atoms with van der Waals surface area (Å²) in [7, 11) is 1.58. The Morgan fingerprint density at radius 3 is 2.82 bits per heavy atom. The van der Waals surface area contributed by atoms with Crippen molar-refractivity contribution in [3.05, 3.63) is 33.9 Å². The van der Waals surface area contributed by atoms with Crippen molar-refractivity contribution in [3.8, 4) is 6.07 Å². The van der Waals surface area contributed by atoms with Gasteiger partial charge in [-0.25, -0.2) is 0 Å². The van der Waals surface area contributed by atoms with Crippen LogP contribution < -0.4 is 5.32 Å². The van der Waals surface area contributed by atoms with Crippen LogP contribution in [-0.2, 0) is 11.8 Å². The van der Waals surface area contributed by atoms with Gasteiger partial charge in [0.05, 0.1) is 16.8 Å². The van der Waals surface area contributed by atoms with Crippen LogP contribution >= 0.6 is 0 Å². The number of anilines is 1. The Hall–Kier alpha value is -3.22. The fraction of sp³-hybridized carbons (Fsp3) is 0.333. The number of nitriles is 1. The van der Waals surface area contributed by atoms with E-state index in [1.165, 1.54) is 28.7 Å². The summed E-state index contributed by atoms with van der Waals surface area (Å²) in [6.07, 6.45) is 2.56. The van der Waals surface area contributed by atoms with E-state index in [2.05, 4.69) is 15.5 Å². The number of hydrogen-bond acceptors (Lipinski definition) is 6. The summed E-state index contributed by atoms with van der Waals surface area (Å²) in [5.74, 6) is -0.457. The van der Waals surface area contributed by atoms with E-state index in [1.807, 2.05) is 6.07 Å². The van der Waals surface area contributed by atoms with Crippen molar-refractivity contribution in [2.45, 2.75) is 19.9 Å². The molecular weight excluding hydrogens is 290 g/mol. The number of nitrogens with zero attached hydrogens (tertiary/aromatic N) is 6. The van der Waals surface area contributed by atoms with Crippen molar-refractivity contribution in [2.24, 2.45) is 7.05 Å². The summed E-state index contributed by atoms with van der Waals surface area (Å²) in [6, 6.07) is 1.15. The van der Waals surface area contributed by atoms with E-state index in [1.54, 1.807) is 14.0 Å². The maximum absolute atomic E-state index is 12.2. The van der Waals surface area contributed by atoms with Gasteiger partial charge in [0.1, 0.15) is 24.0 Å². The predicted molar refractivity (Wildman–Crippen MR) is 74.9 cm³/mol. The first-order valence-corrected chi connectivity index (χ1v) is 6.28. The average Bonchev–Trinajstić information content (AvgIpc) is 3.01. The number of carbonyl (C=O) groups is 1. The molecule has 0 fully saturated rings. The lowest BCUT2D eigenvalue weighted by atomic mass is 10.3. The number of hydrogen-bond donors (Lipinski definition) is 1. The Labute approximate surface area is 125 Å². The summed E-state index contributed by atoms with van der Waals surface area (Å²) in [5, 5.41) is 30.2. The Bertz CT molecular complexity index is 783. The van der Waals surface area contributed by atoms with Gasteiger partial charge in [0.15, 0.2) is 5.69 Å². The number of nitro groups is 1. The lowest BCUT2D eigenvalue weighted by molar-refractivity contribution is -0.385. The zero-order valence-corrected chi connectivity index (χ0v) is 12.1. The first-order valence-electron chi connectivity index (χ1n) is 6.28. The standard InChI is InChI=1S/C12H13N7O3/c1-7-11(19(21)22)6-18(16-7)8(2)12(20)15-9-5-14-17(3)10(9)4-13/h5-6,8H,1-3H3,(H,15,20)/t8-/m1/s1. The van der Waals surface area contributed by atoms with Crippen LogP contribution in [0.2, 0.25) is 0 Å². The molecule has 0 aliphatic carbocycles. The van der Waals surface area contributed by atoms with Gasteiger partial charge in [-0.3, -0.25) is 24.3 Å². The predicted octanol–water partition coefficient (Wildman–Crippen LogP) is 0.905. The number of aromatic nitrogens is 4. The van der Waals surface area contributed by atoms with E-state index < -0.39 is 16.9 Å². The minimum absolute atomic E-state index is 0.154. The molecule has 2 rings (SSSR count). The van der Waals surface area contributed by atoms with Crippen molar-refractivity contribution in [3.63, 3.8) is 0 Å². The normalized spacial score (nSPS) is 11.7. The smallest absolute Gasteiger partial charge is 0.309 e. The Balaban J connectivity index is 2.21. The van der Waals surface area contributed by atoms with Gasteiger partial charge >= 0.3 is 5.69 Å². The highest BCUT2D eigenvalue weighted by molar-refractivity contribution is 5.94. The minimum atomic E-state index is -0.779. The monoisotopic (exact) mass is 303 g/mol. The molecule has 0 aliphatic rings. The largest absolute Gasteiger partial charge is 0.320 e. The molecule has 2 aromatic heterocycles. The Morgan fingerprint density at radius 2 is 2.27 bits per heavy atom. The van der Waals surface area contributed by atoms with Crippen LogP contribution in [-0.4, -0.2) is 30.4 Å². The van der Waals surface area contributed by atoms with E-state index in [0.717, 1.165) is 0 Å². The summed E-state index contributed by atoms with van der Waals surface area (Å²) >= 11 is 0. The van der Waals surface area contributed by atoms with Crippen LogP contribution in [0.5, 0.6) is 0 Å². The maximum Gasteiger partial charge on any atom is 0.309 e. The second-order valence-electron chi connectivity index (χ2n) is 4.64. The van der Waals surface area contributed by atoms with E-state index in [4.69, 9.17) is 5.26 Å². The number of amides is 1. The highest BCUT2D eigenvalue weighted by Crippen LogP contribution is 2.20. The summed E-state index contributed by atoms with van der Waals surface area (Å²) in [4.78, 5) is 22.4. The third-order valence-electron chi connectivity index (χ3n) is 3.17. The molecule has 0 radical (unpaired) electrons. The second kappa shape index (κ2) is 5.65. The van der Waals surface area contributed by atoms with Crippen LogP contribution in [0.1, 0.15) is 24.4 Å². The summed E-state index contributed by atoms with van der Waals surface area (Å²) in [6.45, 7) is 3.04. The van der Waals surface area contributed by atoms with Crippen LogP contribution in [0.3, 0.4) is 0 Å². The molecule has 2 heterocycles. The molecule has 22 heavy (non-hydrogen) atoms. The molecule has 0 spiro atoms. The lowest BCUT2D eigenvalue weighted by Gasteiger charge is -2.11. The van der Waals surface area contributed by atoms with Gasteiger partial charge in [-0.1, -0.05) is 0 Å².